The minimum absolute atomic E-state index is 0.345. The van der Waals surface area contributed by atoms with Gasteiger partial charge in [0.2, 0.25) is 0 Å². The van der Waals surface area contributed by atoms with Crippen LogP contribution in [-0.4, -0.2) is 11.1 Å². The highest BCUT2D eigenvalue weighted by atomic mass is 16.4. The molecule has 6 aromatic rings. The van der Waals surface area contributed by atoms with Gasteiger partial charge in [-0.3, -0.25) is 0 Å². The number of benzene rings is 6. The second-order valence-corrected chi connectivity index (χ2v) is 7.49. The normalized spacial score (nSPS) is 11.7. The van der Waals surface area contributed by atoms with Crippen molar-refractivity contribution in [2.45, 2.75) is 0 Å². The van der Waals surface area contributed by atoms with Gasteiger partial charge in [-0.05, 0) is 59.9 Å². The lowest BCUT2D eigenvalue weighted by atomic mass is 9.88. The Balaban J connectivity index is 2.04. The molecule has 1 N–H and O–H groups in total. The van der Waals surface area contributed by atoms with Gasteiger partial charge in [0.15, 0.2) is 0 Å². The number of aromatic carboxylic acids is 1. The quantitative estimate of drug-likeness (QED) is 0.311. The van der Waals surface area contributed by atoms with Crippen molar-refractivity contribution in [2.75, 3.05) is 0 Å². The zero-order chi connectivity index (χ0) is 19.5. The van der Waals surface area contributed by atoms with E-state index in [9.17, 15) is 9.90 Å². The van der Waals surface area contributed by atoms with Crippen LogP contribution in [0.5, 0.6) is 0 Å². The maximum absolute atomic E-state index is 12.1. The number of carboxylic acids is 1. The Labute approximate surface area is 166 Å². The van der Waals surface area contributed by atoms with E-state index in [1.807, 2.05) is 48.5 Å². The van der Waals surface area contributed by atoms with Gasteiger partial charge in [-0.15, -0.1) is 0 Å². The SMILES string of the molecule is O=C(O)c1cc2ccc3ccccc3c2c2c1ccc1ccc3ccccc3c12. The summed E-state index contributed by atoms with van der Waals surface area (Å²) in [6.07, 6.45) is 0. The fourth-order valence-corrected chi connectivity index (χ4v) is 4.68. The highest BCUT2D eigenvalue weighted by Gasteiger charge is 2.17. The summed E-state index contributed by atoms with van der Waals surface area (Å²) in [5, 5.41) is 20.6. The first-order valence-electron chi connectivity index (χ1n) is 9.64. The van der Waals surface area contributed by atoms with E-state index in [1.54, 1.807) is 0 Å². The lowest BCUT2D eigenvalue weighted by Gasteiger charge is -2.15. The predicted molar refractivity (Wildman–Crippen MR) is 121 cm³/mol. The molecular weight excluding hydrogens is 356 g/mol. The highest BCUT2D eigenvalue weighted by molar-refractivity contribution is 6.34. The average molecular weight is 372 g/mol. The molecule has 0 aliphatic carbocycles. The van der Waals surface area contributed by atoms with Gasteiger partial charge in [-0.2, -0.15) is 0 Å². The number of hydrogen-bond acceptors (Lipinski definition) is 1. The number of fused-ring (bicyclic) bond motifs is 9. The van der Waals surface area contributed by atoms with Crippen molar-refractivity contribution >= 4 is 59.8 Å². The van der Waals surface area contributed by atoms with Crippen molar-refractivity contribution in [3.8, 4) is 0 Å². The Morgan fingerprint density at radius 2 is 1.03 bits per heavy atom. The van der Waals surface area contributed by atoms with Gasteiger partial charge >= 0.3 is 5.97 Å². The van der Waals surface area contributed by atoms with Crippen LogP contribution < -0.4 is 0 Å². The van der Waals surface area contributed by atoms with Gasteiger partial charge in [-0.25, -0.2) is 4.79 Å². The molecule has 0 aromatic heterocycles. The van der Waals surface area contributed by atoms with Crippen LogP contribution in [0.2, 0.25) is 0 Å². The average Bonchev–Trinajstić information content (AvgIpc) is 2.77. The monoisotopic (exact) mass is 372 g/mol. The van der Waals surface area contributed by atoms with Crippen molar-refractivity contribution in [1.82, 2.24) is 0 Å². The first kappa shape index (κ1) is 16.1. The summed E-state index contributed by atoms with van der Waals surface area (Å²) in [4.78, 5) is 12.1. The molecule has 0 amide bonds. The summed E-state index contributed by atoms with van der Waals surface area (Å²) in [6.45, 7) is 0. The van der Waals surface area contributed by atoms with Crippen LogP contribution in [0.25, 0.3) is 53.9 Å². The second-order valence-electron chi connectivity index (χ2n) is 7.49. The summed E-state index contributed by atoms with van der Waals surface area (Å²) in [5.74, 6) is -0.898. The Morgan fingerprint density at radius 1 is 0.517 bits per heavy atom. The first-order chi connectivity index (χ1) is 14.2. The molecule has 136 valence electrons. The van der Waals surface area contributed by atoms with Gasteiger partial charge in [0.25, 0.3) is 0 Å². The topological polar surface area (TPSA) is 37.3 Å². The molecule has 0 saturated heterocycles. The largest absolute Gasteiger partial charge is 0.478 e. The van der Waals surface area contributed by atoms with E-state index in [0.717, 1.165) is 53.9 Å². The molecule has 2 heteroatoms. The fraction of sp³-hybridized carbons (Fsp3) is 0. The van der Waals surface area contributed by atoms with E-state index >= 15 is 0 Å². The molecule has 0 atom stereocenters. The third-order valence-electron chi connectivity index (χ3n) is 5.94. The Hall–Kier alpha value is -3.91. The molecule has 0 fully saturated rings. The van der Waals surface area contributed by atoms with Crippen LogP contribution >= 0.6 is 0 Å². The molecule has 0 aliphatic heterocycles. The van der Waals surface area contributed by atoms with Gasteiger partial charge in [-0.1, -0.05) is 84.9 Å². The maximum atomic E-state index is 12.1. The predicted octanol–water partition coefficient (Wildman–Crippen LogP) is 7.15. The maximum Gasteiger partial charge on any atom is 0.336 e. The lowest BCUT2D eigenvalue weighted by molar-refractivity contribution is 0.0699. The minimum atomic E-state index is -0.898. The van der Waals surface area contributed by atoms with Gasteiger partial charge in [0.1, 0.15) is 0 Å². The number of hydrogen-bond donors (Lipinski definition) is 1. The second kappa shape index (κ2) is 5.79. The van der Waals surface area contributed by atoms with Crippen LogP contribution in [0.1, 0.15) is 10.4 Å². The molecule has 29 heavy (non-hydrogen) atoms. The molecule has 6 aromatic carbocycles. The van der Waals surface area contributed by atoms with E-state index in [1.165, 1.54) is 0 Å². The number of rotatable bonds is 1. The first-order valence-corrected chi connectivity index (χ1v) is 9.64. The number of carboxylic acid groups (broad SMARTS) is 1. The van der Waals surface area contributed by atoms with Crippen molar-refractivity contribution in [3.05, 3.63) is 96.6 Å². The molecule has 0 heterocycles. The van der Waals surface area contributed by atoms with Gasteiger partial charge < -0.3 is 5.11 Å². The third-order valence-corrected chi connectivity index (χ3v) is 5.94. The highest BCUT2D eigenvalue weighted by Crippen LogP contribution is 2.40. The van der Waals surface area contributed by atoms with Crippen molar-refractivity contribution in [1.29, 1.82) is 0 Å². The zero-order valence-electron chi connectivity index (χ0n) is 15.5. The van der Waals surface area contributed by atoms with E-state index in [0.29, 0.717) is 5.56 Å². The Morgan fingerprint density at radius 3 is 1.69 bits per heavy atom. The van der Waals surface area contributed by atoms with E-state index in [-0.39, 0.29) is 0 Å². The van der Waals surface area contributed by atoms with Crippen LogP contribution in [0.15, 0.2) is 91.0 Å². The Kier molecular flexibility index (Phi) is 3.21. The van der Waals surface area contributed by atoms with Crippen molar-refractivity contribution in [3.63, 3.8) is 0 Å². The minimum Gasteiger partial charge on any atom is -0.478 e. The zero-order valence-corrected chi connectivity index (χ0v) is 15.5. The molecule has 0 spiro atoms. The molecule has 0 saturated carbocycles. The van der Waals surface area contributed by atoms with Crippen molar-refractivity contribution < 1.29 is 9.90 Å². The van der Waals surface area contributed by atoms with Crippen LogP contribution in [-0.2, 0) is 0 Å². The molecule has 6 rings (SSSR count). The summed E-state index contributed by atoms with van der Waals surface area (Å²) in [7, 11) is 0. The van der Waals surface area contributed by atoms with Crippen LogP contribution in [0.4, 0.5) is 0 Å². The van der Waals surface area contributed by atoms with E-state index < -0.39 is 5.97 Å². The van der Waals surface area contributed by atoms with Crippen LogP contribution in [0.3, 0.4) is 0 Å². The fourth-order valence-electron chi connectivity index (χ4n) is 4.68. The molecule has 0 bridgehead atoms. The van der Waals surface area contributed by atoms with Gasteiger partial charge in [0, 0.05) is 0 Å². The lowest BCUT2D eigenvalue weighted by Crippen LogP contribution is -1.99. The summed E-state index contributed by atoms with van der Waals surface area (Å²) in [6, 6.07) is 30.8. The summed E-state index contributed by atoms with van der Waals surface area (Å²) < 4.78 is 0. The molecule has 2 nitrogen and oxygen atoms in total. The standard InChI is InChI=1S/C27H16O2/c28-27(29)23-15-19-12-10-17-6-2-4-8-21(17)25(19)26-22(23)14-13-18-11-9-16-5-1-3-7-20(16)24(18)26/h1-15H,(H,28,29). The molecule has 0 aliphatic rings. The van der Waals surface area contributed by atoms with E-state index in [4.69, 9.17) is 0 Å². The molecular formula is C27H16O2. The van der Waals surface area contributed by atoms with Gasteiger partial charge in [0.05, 0.1) is 5.56 Å². The summed E-state index contributed by atoms with van der Waals surface area (Å²) >= 11 is 0. The number of carbonyl (C=O) groups is 1. The smallest absolute Gasteiger partial charge is 0.336 e. The Bertz CT molecular complexity index is 1580. The summed E-state index contributed by atoms with van der Waals surface area (Å²) in [5.41, 5.74) is 0.345. The third kappa shape index (κ3) is 2.20. The van der Waals surface area contributed by atoms with Crippen molar-refractivity contribution in [2.24, 2.45) is 0 Å². The van der Waals surface area contributed by atoms with E-state index in [2.05, 4.69) is 42.5 Å². The molecule has 0 radical (unpaired) electrons. The van der Waals surface area contributed by atoms with Crippen LogP contribution in [0, 0.1) is 0 Å². The molecule has 0 unspecified atom stereocenters.